The van der Waals surface area contributed by atoms with E-state index in [4.69, 9.17) is 23.2 Å². The molecule has 38 heavy (non-hydrogen) atoms. The van der Waals surface area contributed by atoms with E-state index < -0.39 is 0 Å². The van der Waals surface area contributed by atoms with Crippen molar-refractivity contribution in [1.82, 2.24) is 14.8 Å². The van der Waals surface area contributed by atoms with Crippen LogP contribution < -0.4 is 10.2 Å². The first kappa shape index (κ1) is 26.3. The van der Waals surface area contributed by atoms with Crippen LogP contribution in [0.25, 0.3) is 0 Å². The molecule has 1 aliphatic heterocycles. The molecule has 3 aromatic rings. The zero-order valence-electron chi connectivity index (χ0n) is 21.5. The number of piperidine rings is 1. The predicted molar refractivity (Wildman–Crippen MR) is 152 cm³/mol. The van der Waals surface area contributed by atoms with Crippen LogP contribution in [0.3, 0.4) is 0 Å². The van der Waals surface area contributed by atoms with Crippen LogP contribution in [0.1, 0.15) is 46.8 Å². The van der Waals surface area contributed by atoms with Gasteiger partial charge in [-0.15, -0.1) is 0 Å². The summed E-state index contributed by atoms with van der Waals surface area (Å²) in [4.78, 5) is 36.6. The standard InChI is InChI=1S/C29H31Cl2N5O2/c1-34(21-12-16-36(17-13-21)22-10-14-32-15-11-22)28(37)20-7-6-19-8-9-26(23(19)18-20)35(2)29(38)33-25-5-3-4-24(30)27(25)31/h3-7,10-11,14-15,18,21,26H,8-9,12-13,16-17H2,1-2H3,(H,33,38). The van der Waals surface area contributed by atoms with Gasteiger partial charge in [0.15, 0.2) is 0 Å². The molecule has 2 aromatic carbocycles. The first-order chi connectivity index (χ1) is 18.3. The highest BCUT2D eigenvalue weighted by Gasteiger charge is 2.31. The third-order valence-electron chi connectivity index (χ3n) is 7.78. The second-order valence-corrected chi connectivity index (χ2v) is 10.7. The van der Waals surface area contributed by atoms with Crippen molar-refractivity contribution in [3.8, 4) is 0 Å². The lowest BCUT2D eigenvalue weighted by molar-refractivity contribution is 0.0709. The van der Waals surface area contributed by atoms with E-state index >= 15 is 0 Å². The number of benzene rings is 2. The fourth-order valence-electron chi connectivity index (χ4n) is 5.50. The summed E-state index contributed by atoms with van der Waals surface area (Å²) in [5.41, 5.74) is 4.48. The number of anilines is 2. The summed E-state index contributed by atoms with van der Waals surface area (Å²) in [7, 11) is 3.67. The Kier molecular flexibility index (Phi) is 7.77. The first-order valence-corrected chi connectivity index (χ1v) is 13.6. The smallest absolute Gasteiger partial charge is 0.322 e. The van der Waals surface area contributed by atoms with Crippen molar-refractivity contribution in [3.63, 3.8) is 0 Å². The summed E-state index contributed by atoms with van der Waals surface area (Å²) in [5, 5.41) is 3.55. The largest absolute Gasteiger partial charge is 0.371 e. The molecule has 1 saturated heterocycles. The van der Waals surface area contributed by atoms with E-state index in [0.29, 0.717) is 21.3 Å². The van der Waals surface area contributed by atoms with Crippen LogP contribution in [0.2, 0.25) is 10.0 Å². The van der Waals surface area contributed by atoms with Gasteiger partial charge >= 0.3 is 6.03 Å². The van der Waals surface area contributed by atoms with E-state index in [1.165, 1.54) is 11.3 Å². The molecular formula is C29H31Cl2N5O2. The third-order valence-corrected chi connectivity index (χ3v) is 8.60. The second-order valence-electron chi connectivity index (χ2n) is 9.95. The number of carbonyl (C=O) groups excluding carboxylic acids is 2. The molecule has 1 N–H and O–H groups in total. The van der Waals surface area contributed by atoms with Crippen molar-refractivity contribution in [2.75, 3.05) is 37.4 Å². The van der Waals surface area contributed by atoms with Gasteiger partial charge in [0.1, 0.15) is 0 Å². The summed E-state index contributed by atoms with van der Waals surface area (Å²) in [5.74, 6) is 0.0126. The van der Waals surface area contributed by atoms with E-state index in [9.17, 15) is 9.59 Å². The normalized spacial score (nSPS) is 17.2. The molecule has 0 bridgehead atoms. The molecule has 1 unspecified atom stereocenters. The van der Waals surface area contributed by atoms with Crippen molar-refractivity contribution in [2.24, 2.45) is 0 Å². The summed E-state index contributed by atoms with van der Waals surface area (Å²) < 4.78 is 0. The van der Waals surface area contributed by atoms with Gasteiger partial charge in [0.2, 0.25) is 0 Å². The van der Waals surface area contributed by atoms with Gasteiger partial charge < -0.3 is 20.0 Å². The molecule has 0 radical (unpaired) electrons. The van der Waals surface area contributed by atoms with Gasteiger partial charge in [-0.25, -0.2) is 4.79 Å². The van der Waals surface area contributed by atoms with Crippen LogP contribution in [0, 0.1) is 0 Å². The van der Waals surface area contributed by atoms with E-state index in [2.05, 4.69) is 15.2 Å². The molecule has 9 heteroatoms. The number of urea groups is 1. The number of carbonyl (C=O) groups is 2. The fourth-order valence-corrected chi connectivity index (χ4v) is 5.84. The summed E-state index contributed by atoms with van der Waals surface area (Å²) in [6.45, 7) is 1.80. The Bertz CT molecular complexity index is 1330. The molecule has 1 aromatic heterocycles. The number of rotatable bonds is 5. The Balaban J connectivity index is 1.25. The van der Waals surface area contributed by atoms with Gasteiger partial charge in [0.05, 0.1) is 21.8 Å². The summed E-state index contributed by atoms with van der Waals surface area (Å²) in [6.07, 6.45) is 7.09. The van der Waals surface area contributed by atoms with Gasteiger partial charge in [0.25, 0.3) is 5.91 Å². The quantitative estimate of drug-likeness (QED) is 0.405. The van der Waals surface area contributed by atoms with Crippen molar-refractivity contribution in [3.05, 3.63) is 87.7 Å². The molecule has 0 spiro atoms. The van der Waals surface area contributed by atoms with Crippen molar-refractivity contribution >= 4 is 46.5 Å². The maximum absolute atomic E-state index is 13.5. The number of hydrogen-bond donors (Lipinski definition) is 1. The molecule has 1 aliphatic carbocycles. The maximum Gasteiger partial charge on any atom is 0.322 e. The molecule has 0 saturated carbocycles. The predicted octanol–water partition coefficient (Wildman–Crippen LogP) is 6.28. The van der Waals surface area contributed by atoms with E-state index in [1.807, 2.05) is 54.7 Å². The molecule has 3 amide bonds. The number of aromatic nitrogens is 1. The minimum Gasteiger partial charge on any atom is -0.371 e. The number of amides is 3. The Morgan fingerprint density at radius 3 is 2.45 bits per heavy atom. The van der Waals surface area contributed by atoms with Crippen LogP contribution in [0.4, 0.5) is 16.2 Å². The molecular weight excluding hydrogens is 521 g/mol. The zero-order chi connectivity index (χ0) is 26.8. The lowest BCUT2D eigenvalue weighted by Gasteiger charge is -2.38. The first-order valence-electron chi connectivity index (χ1n) is 12.9. The molecule has 2 aliphatic rings. The Morgan fingerprint density at radius 2 is 1.71 bits per heavy atom. The minimum atomic E-state index is -0.276. The molecule has 1 atom stereocenters. The van der Waals surface area contributed by atoms with E-state index in [-0.39, 0.29) is 24.0 Å². The zero-order valence-corrected chi connectivity index (χ0v) is 23.0. The average molecular weight is 553 g/mol. The summed E-state index contributed by atoms with van der Waals surface area (Å²) in [6, 6.07) is 14.9. The molecule has 5 rings (SSSR count). The van der Waals surface area contributed by atoms with Crippen molar-refractivity contribution in [2.45, 2.75) is 37.8 Å². The fraction of sp³-hybridized carbons (Fsp3) is 0.345. The van der Waals surface area contributed by atoms with Gasteiger partial charge in [-0.3, -0.25) is 9.78 Å². The highest BCUT2D eigenvalue weighted by Crippen LogP contribution is 2.37. The Morgan fingerprint density at radius 1 is 0.974 bits per heavy atom. The maximum atomic E-state index is 13.5. The minimum absolute atomic E-state index is 0.0126. The van der Waals surface area contributed by atoms with Gasteiger partial charge in [0, 0.05) is 56.9 Å². The molecule has 2 heterocycles. The van der Waals surface area contributed by atoms with E-state index in [1.54, 1.807) is 30.1 Å². The Hall–Kier alpha value is -3.29. The lowest BCUT2D eigenvalue weighted by atomic mass is 10.00. The second kappa shape index (κ2) is 11.2. The number of pyridine rings is 1. The highest BCUT2D eigenvalue weighted by molar-refractivity contribution is 6.43. The lowest BCUT2D eigenvalue weighted by Crippen LogP contribution is -2.45. The van der Waals surface area contributed by atoms with Crippen LogP contribution in [0.5, 0.6) is 0 Å². The SMILES string of the molecule is CN(C(=O)c1ccc2c(c1)C(N(C)C(=O)Nc1cccc(Cl)c1Cl)CC2)C1CCN(c2ccncc2)CC1. The average Bonchev–Trinajstić information content (AvgIpc) is 3.38. The highest BCUT2D eigenvalue weighted by atomic mass is 35.5. The van der Waals surface area contributed by atoms with Crippen LogP contribution >= 0.6 is 23.2 Å². The van der Waals surface area contributed by atoms with Gasteiger partial charge in [-0.05, 0) is 73.2 Å². The van der Waals surface area contributed by atoms with Crippen LogP contribution in [-0.2, 0) is 6.42 Å². The van der Waals surface area contributed by atoms with Crippen molar-refractivity contribution < 1.29 is 9.59 Å². The number of halogens is 2. The number of nitrogens with zero attached hydrogens (tertiary/aromatic N) is 4. The summed E-state index contributed by atoms with van der Waals surface area (Å²) >= 11 is 12.4. The van der Waals surface area contributed by atoms with Gasteiger partial charge in [-0.2, -0.15) is 0 Å². The third kappa shape index (κ3) is 5.31. The van der Waals surface area contributed by atoms with Crippen LogP contribution in [-0.4, -0.2) is 59.9 Å². The number of hydrogen-bond acceptors (Lipinski definition) is 4. The number of aryl methyl sites for hydroxylation is 1. The Labute approximate surface area is 233 Å². The molecule has 198 valence electrons. The molecule has 7 nitrogen and oxygen atoms in total. The molecule has 1 fully saturated rings. The number of fused-ring (bicyclic) bond motifs is 1. The van der Waals surface area contributed by atoms with Crippen molar-refractivity contribution in [1.29, 1.82) is 0 Å². The topological polar surface area (TPSA) is 68.8 Å². The van der Waals surface area contributed by atoms with Gasteiger partial charge in [-0.1, -0.05) is 35.3 Å². The van der Waals surface area contributed by atoms with E-state index in [0.717, 1.165) is 44.3 Å². The monoisotopic (exact) mass is 551 g/mol. The number of nitrogens with one attached hydrogen (secondary N) is 1. The van der Waals surface area contributed by atoms with Crippen LogP contribution in [0.15, 0.2) is 60.9 Å².